The molecule has 0 saturated heterocycles. The Kier molecular flexibility index (Phi) is 5.74. The number of amides is 2. The van der Waals surface area contributed by atoms with E-state index in [2.05, 4.69) is 12.2 Å². The molecule has 0 spiro atoms. The number of hydrogen-bond donors (Lipinski definition) is 1. The van der Waals surface area contributed by atoms with E-state index >= 15 is 0 Å². The average molecular weight is 324 g/mol. The van der Waals surface area contributed by atoms with Crippen LogP contribution in [0.15, 0.2) is 42.5 Å². The molecule has 0 radical (unpaired) electrons. The molecule has 0 aromatic heterocycles. The lowest BCUT2D eigenvalue weighted by atomic mass is 10.1. The first-order valence-corrected chi connectivity index (χ1v) is 8.15. The van der Waals surface area contributed by atoms with Crippen LogP contribution >= 0.6 is 0 Å². The van der Waals surface area contributed by atoms with Crippen molar-refractivity contribution in [1.82, 2.24) is 0 Å². The van der Waals surface area contributed by atoms with Crippen molar-refractivity contribution in [3.63, 3.8) is 0 Å². The van der Waals surface area contributed by atoms with Crippen LogP contribution in [0.2, 0.25) is 0 Å². The molecule has 1 N–H and O–H groups in total. The highest BCUT2D eigenvalue weighted by Crippen LogP contribution is 2.23. The molecule has 0 unspecified atom stereocenters. The minimum absolute atomic E-state index is 0.00481. The molecule has 4 nitrogen and oxygen atoms in total. The van der Waals surface area contributed by atoms with Gasteiger partial charge in [0.25, 0.3) is 0 Å². The predicted octanol–water partition coefficient (Wildman–Crippen LogP) is 3.86. The first-order chi connectivity index (χ1) is 11.4. The van der Waals surface area contributed by atoms with Crippen LogP contribution in [-0.2, 0) is 16.0 Å². The molecule has 24 heavy (non-hydrogen) atoms. The number of anilines is 2. The van der Waals surface area contributed by atoms with Crippen LogP contribution in [0, 0.1) is 13.8 Å². The first-order valence-electron chi connectivity index (χ1n) is 8.15. The van der Waals surface area contributed by atoms with Gasteiger partial charge in [0.2, 0.25) is 11.8 Å². The highest BCUT2D eigenvalue weighted by molar-refractivity contribution is 6.02. The second-order valence-corrected chi connectivity index (χ2v) is 5.92. The van der Waals surface area contributed by atoms with Crippen molar-refractivity contribution in [2.24, 2.45) is 0 Å². The van der Waals surface area contributed by atoms with E-state index in [1.165, 1.54) is 17.4 Å². The lowest BCUT2D eigenvalue weighted by Crippen LogP contribution is -2.37. The molecule has 4 heteroatoms. The van der Waals surface area contributed by atoms with Gasteiger partial charge in [-0.3, -0.25) is 9.59 Å². The summed E-state index contributed by atoms with van der Waals surface area (Å²) in [6.45, 7) is 7.51. The van der Waals surface area contributed by atoms with E-state index in [0.717, 1.165) is 28.9 Å². The minimum atomic E-state index is -0.213. The topological polar surface area (TPSA) is 49.4 Å². The molecule has 0 aliphatic rings. The van der Waals surface area contributed by atoms with Gasteiger partial charge in [-0.2, -0.15) is 0 Å². The summed E-state index contributed by atoms with van der Waals surface area (Å²) in [4.78, 5) is 25.9. The fraction of sp³-hybridized carbons (Fsp3) is 0.300. The number of aryl methyl sites for hydroxylation is 2. The van der Waals surface area contributed by atoms with E-state index < -0.39 is 0 Å². The molecule has 0 bridgehead atoms. The van der Waals surface area contributed by atoms with Crippen LogP contribution in [0.25, 0.3) is 0 Å². The molecule has 0 aliphatic carbocycles. The van der Waals surface area contributed by atoms with E-state index in [1.807, 2.05) is 56.3 Å². The van der Waals surface area contributed by atoms with Gasteiger partial charge in [0.1, 0.15) is 6.54 Å². The van der Waals surface area contributed by atoms with Gasteiger partial charge in [-0.15, -0.1) is 0 Å². The first kappa shape index (κ1) is 17.7. The van der Waals surface area contributed by atoms with Crippen LogP contribution in [0.5, 0.6) is 0 Å². The smallest absolute Gasteiger partial charge is 0.244 e. The van der Waals surface area contributed by atoms with Crippen molar-refractivity contribution in [2.75, 3.05) is 16.8 Å². The lowest BCUT2D eigenvalue weighted by Gasteiger charge is -2.23. The maximum Gasteiger partial charge on any atom is 0.244 e. The average Bonchev–Trinajstić information content (AvgIpc) is 2.56. The van der Waals surface area contributed by atoms with Gasteiger partial charge >= 0.3 is 0 Å². The normalized spacial score (nSPS) is 10.3. The Hall–Kier alpha value is -2.62. The zero-order valence-electron chi connectivity index (χ0n) is 14.7. The molecule has 0 aliphatic heterocycles. The Morgan fingerprint density at radius 1 is 1.04 bits per heavy atom. The molecule has 0 fully saturated rings. The molecule has 2 rings (SSSR count). The minimum Gasteiger partial charge on any atom is -0.325 e. The maximum atomic E-state index is 12.3. The van der Waals surface area contributed by atoms with Crippen molar-refractivity contribution in [3.8, 4) is 0 Å². The number of nitrogens with one attached hydrogen (secondary N) is 1. The molecule has 126 valence electrons. The Balaban J connectivity index is 2.13. The Labute approximate surface area is 143 Å². The van der Waals surface area contributed by atoms with Gasteiger partial charge < -0.3 is 10.2 Å². The van der Waals surface area contributed by atoms with Crippen LogP contribution in [-0.4, -0.2) is 18.4 Å². The Morgan fingerprint density at radius 2 is 1.71 bits per heavy atom. The second-order valence-electron chi connectivity index (χ2n) is 5.92. The van der Waals surface area contributed by atoms with Crippen LogP contribution < -0.4 is 10.2 Å². The highest BCUT2D eigenvalue weighted by atomic mass is 16.2. The maximum absolute atomic E-state index is 12.3. The van der Waals surface area contributed by atoms with Crippen molar-refractivity contribution < 1.29 is 9.59 Å². The molecule has 2 aromatic carbocycles. The number of carbonyl (C=O) groups excluding carboxylic acids is 2. The van der Waals surface area contributed by atoms with Gasteiger partial charge in [-0.05, 0) is 55.2 Å². The molecule has 2 aromatic rings. The van der Waals surface area contributed by atoms with E-state index in [1.54, 1.807) is 0 Å². The van der Waals surface area contributed by atoms with Crippen LogP contribution in [0.3, 0.4) is 0 Å². The number of carbonyl (C=O) groups is 2. The van der Waals surface area contributed by atoms with Gasteiger partial charge in [0.15, 0.2) is 0 Å². The van der Waals surface area contributed by atoms with E-state index in [0.29, 0.717) is 0 Å². The van der Waals surface area contributed by atoms with E-state index in [-0.39, 0.29) is 18.4 Å². The van der Waals surface area contributed by atoms with Gasteiger partial charge in [-0.1, -0.05) is 31.2 Å². The molecule has 0 atom stereocenters. The molecule has 0 saturated carbocycles. The quantitative estimate of drug-likeness (QED) is 0.908. The number of benzene rings is 2. The van der Waals surface area contributed by atoms with E-state index in [9.17, 15) is 9.59 Å². The summed E-state index contributed by atoms with van der Waals surface area (Å²) >= 11 is 0. The second kappa shape index (κ2) is 7.77. The molecular formula is C20H24N2O2. The van der Waals surface area contributed by atoms with Gasteiger partial charge in [0, 0.05) is 18.3 Å². The largest absolute Gasteiger partial charge is 0.325 e. The summed E-state index contributed by atoms with van der Waals surface area (Å²) in [5.74, 6) is -0.365. The molecule has 2 amide bonds. The number of rotatable bonds is 5. The van der Waals surface area contributed by atoms with Gasteiger partial charge in [-0.25, -0.2) is 0 Å². The standard InChI is InChI=1S/C20H24N2O2/c1-5-17-9-11-18(12-10-17)21-20(24)13-22(16(4)23)19-8-6-7-14(2)15(19)3/h6-12H,5,13H2,1-4H3,(H,21,24). The summed E-state index contributed by atoms with van der Waals surface area (Å²) in [7, 11) is 0. The van der Waals surface area contributed by atoms with Crippen molar-refractivity contribution >= 4 is 23.2 Å². The van der Waals surface area contributed by atoms with Crippen molar-refractivity contribution in [2.45, 2.75) is 34.1 Å². The predicted molar refractivity (Wildman–Crippen MR) is 98.4 cm³/mol. The Bertz CT molecular complexity index is 736. The number of nitrogens with zero attached hydrogens (tertiary/aromatic N) is 1. The molecule has 0 heterocycles. The SMILES string of the molecule is CCc1ccc(NC(=O)CN(C(C)=O)c2cccc(C)c2C)cc1. The Morgan fingerprint density at radius 3 is 2.29 bits per heavy atom. The third-order valence-corrected chi connectivity index (χ3v) is 4.19. The third kappa shape index (κ3) is 4.22. The van der Waals surface area contributed by atoms with Crippen molar-refractivity contribution in [3.05, 3.63) is 59.2 Å². The monoisotopic (exact) mass is 324 g/mol. The summed E-state index contributed by atoms with van der Waals surface area (Å²) < 4.78 is 0. The van der Waals surface area contributed by atoms with Crippen molar-refractivity contribution in [1.29, 1.82) is 0 Å². The zero-order valence-corrected chi connectivity index (χ0v) is 14.7. The third-order valence-electron chi connectivity index (χ3n) is 4.19. The van der Waals surface area contributed by atoms with Crippen LogP contribution in [0.1, 0.15) is 30.5 Å². The summed E-state index contributed by atoms with van der Waals surface area (Å²) in [6.07, 6.45) is 0.957. The molecular weight excluding hydrogens is 300 g/mol. The van der Waals surface area contributed by atoms with Crippen LogP contribution in [0.4, 0.5) is 11.4 Å². The summed E-state index contributed by atoms with van der Waals surface area (Å²) in [6, 6.07) is 13.5. The summed E-state index contributed by atoms with van der Waals surface area (Å²) in [5.41, 5.74) is 4.83. The van der Waals surface area contributed by atoms with Gasteiger partial charge in [0.05, 0.1) is 0 Å². The fourth-order valence-electron chi connectivity index (χ4n) is 2.56. The summed E-state index contributed by atoms with van der Waals surface area (Å²) in [5, 5.41) is 2.85. The fourth-order valence-corrected chi connectivity index (χ4v) is 2.56. The number of hydrogen-bond acceptors (Lipinski definition) is 2. The lowest BCUT2D eigenvalue weighted by molar-refractivity contribution is -0.120. The highest BCUT2D eigenvalue weighted by Gasteiger charge is 2.18. The van der Waals surface area contributed by atoms with E-state index in [4.69, 9.17) is 0 Å². The zero-order chi connectivity index (χ0) is 17.7.